The molecule has 0 spiro atoms. The molecule has 5 nitrogen and oxygen atoms in total. The Hall–Kier alpha value is -4.45. The summed E-state index contributed by atoms with van der Waals surface area (Å²) in [4.78, 5) is 42.6. The third kappa shape index (κ3) is 6.34. The van der Waals surface area contributed by atoms with Crippen molar-refractivity contribution in [1.29, 1.82) is 0 Å². The zero-order valence-corrected chi connectivity index (χ0v) is 21.7. The summed E-state index contributed by atoms with van der Waals surface area (Å²) in [5.74, 6) is -1.28. The number of allylic oxidation sites excluding steroid dienone is 1. The van der Waals surface area contributed by atoms with Gasteiger partial charge in [-0.2, -0.15) is 0 Å². The maximum absolute atomic E-state index is 13.7. The highest BCUT2D eigenvalue weighted by atomic mass is 19.1. The molecule has 196 valence electrons. The Morgan fingerprint density at radius 1 is 0.949 bits per heavy atom. The van der Waals surface area contributed by atoms with Crippen molar-refractivity contribution in [3.63, 3.8) is 0 Å². The lowest BCUT2D eigenvalue weighted by atomic mass is 9.92. The van der Waals surface area contributed by atoms with Gasteiger partial charge in [0.25, 0.3) is 0 Å². The largest absolute Gasteiger partial charge is 0.349 e. The number of aromatic nitrogens is 1. The Kier molecular flexibility index (Phi) is 7.73. The van der Waals surface area contributed by atoms with Crippen molar-refractivity contribution >= 4 is 34.5 Å². The zero-order valence-electron chi connectivity index (χ0n) is 21.7. The molecule has 1 fully saturated rings. The van der Waals surface area contributed by atoms with Gasteiger partial charge < -0.3 is 5.32 Å². The predicted octanol–water partition coefficient (Wildman–Crippen LogP) is 6.73. The van der Waals surface area contributed by atoms with Crippen molar-refractivity contribution in [2.45, 2.75) is 44.6 Å². The van der Waals surface area contributed by atoms with Crippen molar-refractivity contribution in [2.24, 2.45) is 0 Å². The van der Waals surface area contributed by atoms with Gasteiger partial charge in [-0.15, -0.1) is 0 Å². The van der Waals surface area contributed by atoms with E-state index in [1.54, 1.807) is 18.2 Å². The maximum Gasteiger partial charge on any atom is 0.227 e. The Morgan fingerprint density at radius 2 is 1.64 bits per heavy atom. The van der Waals surface area contributed by atoms with Crippen molar-refractivity contribution in [1.82, 2.24) is 10.3 Å². The molecule has 1 saturated carbocycles. The molecule has 0 radical (unpaired) electrons. The average Bonchev–Trinajstić information content (AvgIpc) is 3.77. The van der Waals surface area contributed by atoms with Gasteiger partial charge in [0.15, 0.2) is 5.78 Å². The molecule has 0 saturated heterocycles. The topological polar surface area (TPSA) is 76.1 Å². The molecule has 0 aliphatic heterocycles. The SMILES string of the molecule is C[C@H](NC(=O)CC(=O)CC(=O)/C=C/c1c(C2CC2)nc2ccccc2c1-c1ccc(F)cc1)c1ccccc1. The quantitative estimate of drug-likeness (QED) is 0.186. The van der Waals surface area contributed by atoms with Gasteiger partial charge >= 0.3 is 0 Å². The number of nitrogens with zero attached hydrogens (tertiary/aromatic N) is 1. The average molecular weight is 521 g/mol. The van der Waals surface area contributed by atoms with Crippen molar-refractivity contribution in [3.05, 3.63) is 108 Å². The van der Waals surface area contributed by atoms with Crippen LogP contribution < -0.4 is 5.32 Å². The van der Waals surface area contributed by atoms with E-state index in [4.69, 9.17) is 4.98 Å². The van der Waals surface area contributed by atoms with Gasteiger partial charge in [-0.25, -0.2) is 4.39 Å². The van der Waals surface area contributed by atoms with E-state index in [1.165, 1.54) is 18.2 Å². The summed E-state index contributed by atoms with van der Waals surface area (Å²) in [5, 5.41) is 3.71. The lowest BCUT2D eigenvalue weighted by Crippen LogP contribution is -2.28. The van der Waals surface area contributed by atoms with Gasteiger partial charge in [0.05, 0.1) is 30.1 Å². The Balaban J connectivity index is 1.35. The van der Waals surface area contributed by atoms with E-state index in [2.05, 4.69) is 5.32 Å². The van der Waals surface area contributed by atoms with Gasteiger partial charge in [-0.1, -0.05) is 60.7 Å². The first-order chi connectivity index (χ1) is 18.9. The fourth-order valence-electron chi connectivity index (χ4n) is 4.80. The highest BCUT2D eigenvalue weighted by Crippen LogP contribution is 2.45. The first-order valence-electron chi connectivity index (χ1n) is 13.1. The van der Waals surface area contributed by atoms with E-state index in [0.29, 0.717) is 5.92 Å². The molecule has 3 aromatic carbocycles. The minimum absolute atomic E-state index is 0.242. The number of benzene rings is 3. The first-order valence-corrected chi connectivity index (χ1v) is 13.1. The van der Waals surface area contributed by atoms with Crippen LogP contribution in [-0.4, -0.2) is 22.5 Å². The molecule has 1 N–H and O–H groups in total. The molecule has 4 aromatic rings. The van der Waals surface area contributed by atoms with Crippen LogP contribution in [0.3, 0.4) is 0 Å². The lowest BCUT2D eigenvalue weighted by molar-refractivity contribution is -0.130. The van der Waals surface area contributed by atoms with Crippen LogP contribution in [0.1, 0.15) is 61.4 Å². The summed E-state index contributed by atoms with van der Waals surface area (Å²) in [5.41, 5.74) is 5.19. The van der Waals surface area contributed by atoms with Gasteiger partial charge in [0.1, 0.15) is 11.6 Å². The van der Waals surface area contributed by atoms with E-state index in [0.717, 1.165) is 51.7 Å². The molecule has 0 bridgehead atoms. The standard InChI is InChI=1S/C33H29FN2O3/c1-21(22-7-3-2-4-8-22)35-31(39)20-27(38)19-26(37)17-18-29-32(23-13-15-25(34)16-14-23)28-9-5-6-10-30(28)36-33(29)24-11-12-24/h2-10,13-18,21,24H,11-12,19-20H2,1H3,(H,35,39)/b18-17+/t21-/m0/s1. The van der Waals surface area contributed by atoms with Crippen LogP contribution >= 0.6 is 0 Å². The normalized spacial score (nSPS) is 13.9. The van der Waals surface area contributed by atoms with E-state index in [9.17, 15) is 18.8 Å². The van der Waals surface area contributed by atoms with E-state index >= 15 is 0 Å². The van der Waals surface area contributed by atoms with Gasteiger partial charge in [0, 0.05) is 22.4 Å². The monoisotopic (exact) mass is 520 g/mol. The number of fused-ring (bicyclic) bond motifs is 1. The second-order valence-corrected chi connectivity index (χ2v) is 9.98. The molecule has 39 heavy (non-hydrogen) atoms. The van der Waals surface area contributed by atoms with Crippen LogP contribution in [0, 0.1) is 5.82 Å². The molecule has 1 aliphatic rings. The summed E-state index contributed by atoms with van der Waals surface area (Å²) in [6, 6.07) is 23.3. The predicted molar refractivity (Wildman–Crippen MR) is 150 cm³/mol. The molecular weight excluding hydrogens is 491 g/mol. The second kappa shape index (κ2) is 11.5. The van der Waals surface area contributed by atoms with Crippen LogP contribution in [0.4, 0.5) is 4.39 Å². The molecule has 1 aromatic heterocycles. The highest BCUT2D eigenvalue weighted by molar-refractivity contribution is 6.11. The Labute approximate surface area is 226 Å². The second-order valence-electron chi connectivity index (χ2n) is 9.98. The first kappa shape index (κ1) is 26.2. The number of Topliss-reactive ketones (excluding diaryl/α,β-unsaturated/α-hetero) is 1. The summed E-state index contributed by atoms with van der Waals surface area (Å²) < 4.78 is 13.7. The molecule has 1 atom stereocenters. The minimum atomic E-state index is -0.444. The number of carbonyl (C=O) groups is 3. The molecular formula is C33H29FN2O3. The third-order valence-corrected chi connectivity index (χ3v) is 6.90. The van der Waals surface area contributed by atoms with E-state index < -0.39 is 11.7 Å². The van der Waals surface area contributed by atoms with Gasteiger partial charge in [-0.3, -0.25) is 19.4 Å². The fourth-order valence-corrected chi connectivity index (χ4v) is 4.80. The van der Waals surface area contributed by atoms with Crippen LogP contribution in [0.2, 0.25) is 0 Å². The number of rotatable bonds is 10. The van der Waals surface area contributed by atoms with Crippen LogP contribution in [0.5, 0.6) is 0 Å². The van der Waals surface area contributed by atoms with Crippen molar-refractivity contribution in [2.75, 3.05) is 0 Å². The smallest absolute Gasteiger partial charge is 0.227 e. The molecule has 1 heterocycles. The van der Waals surface area contributed by atoms with Crippen LogP contribution in [0.25, 0.3) is 28.1 Å². The molecule has 1 aliphatic carbocycles. The number of carbonyl (C=O) groups excluding carboxylic acids is 3. The number of nitrogens with one attached hydrogen (secondary N) is 1. The molecule has 6 heteroatoms. The molecule has 1 amide bonds. The van der Waals surface area contributed by atoms with Crippen molar-refractivity contribution < 1.29 is 18.8 Å². The number of hydrogen-bond donors (Lipinski definition) is 1. The number of hydrogen-bond acceptors (Lipinski definition) is 4. The number of ketones is 2. The van der Waals surface area contributed by atoms with Crippen LogP contribution in [0.15, 0.2) is 84.9 Å². The minimum Gasteiger partial charge on any atom is -0.349 e. The lowest BCUT2D eigenvalue weighted by Gasteiger charge is -2.15. The Bertz CT molecular complexity index is 1560. The third-order valence-electron chi connectivity index (χ3n) is 6.90. The van der Waals surface area contributed by atoms with Crippen molar-refractivity contribution in [3.8, 4) is 11.1 Å². The fraction of sp³-hybridized carbons (Fsp3) is 0.212. The molecule has 0 unspecified atom stereocenters. The molecule has 5 rings (SSSR count). The maximum atomic E-state index is 13.7. The Morgan fingerprint density at radius 3 is 2.36 bits per heavy atom. The van der Waals surface area contributed by atoms with Crippen LogP contribution in [-0.2, 0) is 14.4 Å². The number of para-hydroxylation sites is 1. The zero-order chi connectivity index (χ0) is 27.4. The summed E-state index contributed by atoms with van der Waals surface area (Å²) in [7, 11) is 0. The summed E-state index contributed by atoms with van der Waals surface area (Å²) in [6.45, 7) is 1.85. The van der Waals surface area contributed by atoms with E-state index in [-0.39, 0.29) is 30.5 Å². The van der Waals surface area contributed by atoms with Gasteiger partial charge in [0.2, 0.25) is 5.91 Å². The number of halogens is 1. The number of amides is 1. The highest BCUT2D eigenvalue weighted by Gasteiger charge is 2.29. The number of pyridine rings is 1. The summed E-state index contributed by atoms with van der Waals surface area (Å²) >= 11 is 0. The van der Waals surface area contributed by atoms with Gasteiger partial charge in [-0.05, 0) is 61.2 Å². The van der Waals surface area contributed by atoms with E-state index in [1.807, 2.05) is 61.5 Å². The summed E-state index contributed by atoms with van der Waals surface area (Å²) in [6.07, 6.45) is 4.42.